The zero-order valence-electron chi connectivity index (χ0n) is 11.3. The van der Waals surface area contributed by atoms with Crippen molar-refractivity contribution in [3.8, 4) is 0 Å². The lowest BCUT2D eigenvalue weighted by Crippen LogP contribution is -2.45. The predicted molar refractivity (Wildman–Crippen MR) is 75.8 cm³/mol. The SMILES string of the molecule is CCNC(CCC1CCCO1)C1(C)CCCS1. The summed E-state index contributed by atoms with van der Waals surface area (Å²) in [4.78, 5) is 0. The van der Waals surface area contributed by atoms with Gasteiger partial charge in [0.25, 0.3) is 0 Å². The molecule has 3 heteroatoms. The Hall–Kier alpha value is 0.270. The van der Waals surface area contributed by atoms with Crippen LogP contribution in [0.4, 0.5) is 0 Å². The summed E-state index contributed by atoms with van der Waals surface area (Å²) in [5.41, 5.74) is 0. The molecule has 0 aromatic rings. The molecule has 2 aliphatic rings. The van der Waals surface area contributed by atoms with E-state index >= 15 is 0 Å². The monoisotopic (exact) mass is 257 g/mol. The number of nitrogens with one attached hydrogen (secondary N) is 1. The number of ether oxygens (including phenoxy) is 1. The summed E-state index contributed by atoms with van der Waals surface area (Å²) in [6.45, 7) is 6.75. The average molecular weight is 257 g/mol. The summed E-state index contributed by atoms with van der Waals surface area (Å²) < 4.78 is 6.21. The molecule has 17 heavy (non-hydrogen) atoms. The molecule has 0 aromatic heterocycles. The van der Waals surface area contributed by atoms with Crippen LogP contribution in [0.3, 0.4) is 0 Å². The summed E-state index contributed by atoms with van der Waals surface area (Å²) in [5, 5.41) is 3.71. The first kappa shape index (κ1) is 13.7. The van der Waals surface area contributed by atoms with Gasteiger partial charge in [0.1, 0.15) is 0 Å². The second-order valence-corrected chi connectivity index (χ2v) is 7.22. The Morgan fingerprint density at radius 3 is 2.94 bits per heavy atom. The average Bonchev–Trinajstić information content (AvgIpc) is 2.96. The van der Waals surface area contributed by atoms with Crippen molar-refractivity contribution in [2.75, 3.05) is 18.9 Å². The minimum absolute atomic E-state index is 0.467. The Kier molecular flexibility index (Phi) is 5.19. The number of rotatable bonds is 6. The summed E-state index contributed by atoms with van der Waals surface area (Å²) in [7, 11) is 0. The molecule has 2 rings (SSSR count). The highest BCUT2D eigenvalue weighted by molar-refractivity contribution is 8.00. The summed E-state index contributed by atoms with van der Waals surface area (Å²) in [6, 6.07) is 0.671. The molecule has 2 heterocycles. The van der Waals surface area contributed by atoms with Crippen LogP contribution in [0.5, 0.6) is 0 Å². The van der Waals surface area contributed by atoms with Gasteiger partial charge in [0.2, 0.25) is 0 Å². The fourth-order valence-electron chi connectivity index (χ4n) is 3.17. The largest absolute Gasteiger partial charge is 0.378 e. The predicted octanol–water partition coefficient (Wildman–Crippen LogP) is 3.21. The van der Waals surface area contributed by atoms with Gasteiger partial charge in [-0.1, -0.05) is 6.92 Å². The van der Waals surface area contributed by atoms with E-state index < -0.39 is 0 Å². The van der Waals surface area contributed by atoms with Crippen LogP contribution in [0, 0.1) is 0 Å². The minimum atomic E-state index is 0.467. The highest BCUT2D eigenvalue weighted by Gasteiger charge is 2.37. The lowest BCUT2D eigenvalue weighted by molar-refractivity contribution is 0.0983. The first-order chi connectivity index (χ1) is 8.24. The number of thioether (sulfide) groups is 1. The van der Waals surface area contributed by atoms with Gasteiger partial charge in [0, 0.05) is 17.4 Å². The van der Waals surface area contributed by atoms with Gasteiger partial charge in [-0.25, -0.2) is 0 Å². The Bertz CT molecular complexity index is 222. The molecular formula is C14H27NOS. The topological polar surface area (TPSA) is 21.3 Å². The summed E-state index contributed by atoms with van der Waals surface area (Å²) >= 11 is 2.17. The smallest absolute Gasteiger partial charge is 0.0576 e. The van der Waals surface area contributed by atoms with Crippen LogP contribution in [0.2, 0.25) is 0 Å². The van der Waals surface area contributed by atoms with Crippen LogP contribution in [0.15, 0.2) is 0 Å². The molecule has 2 aliphatic heterocycles. The van der Waals surface area contributed by atoms with Crippen molar-refractivity contribution >= 4 is 11.8 Å². The molecule has 100 valence electrons. The molecule has 1 N–H and O–H groups in total. The second kappa shape index (κ2) is 6.44. The first-order valence-corrected chi connectivity index (χ1v) is 8.22. The lowest BCUT2D eigenvalue weighted by Gasteiger charge is -2.34. The van der Waals surface area contributed by atoms with E-state index in [0.717, 1.165) is 13.2 Å². The molecule has 0 amide bonds. The molecule has 0 saturated carbocycles. The van der Waals surface area contributed by atoms with Gasteiger partial charge < -0.3 is 10.1 Å². The van der Waals surface area contributed by atoms with Gasteiger partial charge in [-0.2, -0.15) is 11.8 Å². The van der Waals surface area contributed by atoms with Crippen LogP contribution < -0.4 is 5.32 Å². The molecule has 2 nitrogen and oxygen atoms in total. The van der Waals surface area contributed by atoms with Crippen molar-refractivity contribution in [2.24, 2.45) is 0 Å². The van der Waals surface area contributed by atoms with Crippen LogP contribution in [0.25, 0.3) is 0 Å². The van der Waals surface area contributed by atoms with E-state index in [1.807, 2.05) is 0 Å². The van der Waals surface area contributed by atoms with Crippen molar-refractivity contribution in [2.45, 2.75) is 69.3 Å². The third kappa shape index (κ3) is 3.62. The minimum Gasteiger partial charge on any atom is -0.378 e. The van der Waals surface area contributed by atoms with Crippen molar-refractivity contribution in [3.05, 3.63) is 0 Å². The third-order valence-electron chi connectivity index (χ3n) is 4.24. The maximum absolute atomic E-state index is 5.74. The quantitative estimate of drug-likeness (QED) is 0.789. The Morgan fingerprint density at radius 1 is 1.47 bits per heavy atom. The van der Waals surface area contributed by atoms with Crippen LogP contribution in [-0.2, 0) is 4.74 Å². The highest BCUT2D eigenvalue weighted by atomic mass is 32.2. The standard InChI is InChI=1S/C14H27NOS/c1-3-15-13(14(2)9-5-11-17-14)8-7-12-6-4-10-16-12/h12-13,15H,3-11H2,1-2H3. The van der Waals surface area contributed by atoms with Crippen LogP contribution in [0.1, 0.15) is 52.4 Å². The van der Waals surface area contributed by atoms with Gasteiger partial charge in [-0.15, -0.1) is 0 Å². The van der Waals surface area contributed by atoms with Crippen molar-refractivity contribution in [1.82, 2.24) is 5.32 Å². The molecule has 0 aromatic carbocycles. The van der Waals surface area contributed by atoms with Crippen molar-refractivity contribution in [3.63, 3.8) is 0 Å². The first-order valence-electron chi connectivity index (χ1n) is 7.23. The fraction of sp³-hybridized carbons (Fsp3) is 1.00. The molecular weight excluding hydrogens is 230 g/mol. The van der Waals surface area contributed by atoms with Gasteiger partial charge in [-0.3, -0.25) is 0 Å². The third-order valence-corrected chi connectivity index (χ3v) is 5.88. The van der Waals surface area contributed by atoms with E-state index in [1.54, 1.807) is 0 Å². The van der Waals surface area contributed by atoms with Gasteiger partial charge in [0.05, 0.1) is 6.10 Å². The van der Waals surface area contributed by atoms with Crippen molar-refractivity contribution in [1.29, 1.82) is 0 Å². The molecule has 3 unspecified atom stereocenters. The molecule has 3 atom stereocenters. The molecule has 0 spiro atoms. The maximum Gasteiger partial charge on any atom is 0.0576 e. The van der Waals surface area contributed by atoms with E-state index in [9.17, 15) is 0 Å². The summed E-state index contributed by atoms with van der Waals surface area (Å²) in [5.74, 6) is 1.35. The Morgan fingerprint density at radius 2 is 2.35 bits per heavy atom. The fourth-order valence-corrected chi connectivity index (χ4v) is 4.62. The normalized spacial score (nSPS) is 35.3. The molecule has 0 aliphatic carbocycles. The van der Waals surface area contributed by atoms with E-state index in [-0.39, 0.29) is 0 Å². The Labute approximate surface area is 110 Å². The maximum atomic E-state index is 5.74. The van der Waals surface area contributed by atoms with Gasteiger partial charge in [0.15, 0.2) is 0 Å². The van der Waals surface area contributed by atoms with E-state index in [2.05, 4.69) is 30.9 Å². The van der Waals surface area contributed by atoms with Crippen LogP contribution >= 0.6 is 11.8 Å². The zero-order valence-corrected chi connectivity index (χ0v) is 12.2. The molecule has 2 saturated heterocycles. The molecule has 2 fully saturated rings. The second-order valence-electron chi connectivity index (χ2n) is 5.59. The van der Waals surface area contributed by atoms with Crippen molar-refractivity contribution < 1.29 is 4.74 Å². The molecule has 0 radical (unpaired) electrons. The van der Waals surface area contributed by atoms with E-state index in [4.69, 9.17) is 4.74 Å². The Balaban J connectivity index is 1.82. The number of hydrogen-bond donors (Lipinski definition) is 1. The van der Waals surface area contributed by atoms with Gasteiger partial charge >= 0.3 is 0 Å². The highest BCUT2D eigenvalue weighted by Crippen LogP contribution is 2.42. The lowest BCUT2D eigenvalue weighted by atomic mass is 9.91. The summed E-state index contributed by atoms with van der Waals surface area (Å²) in [6.07, 6.45) is 8.39. The van der Waals surface area contributed by atoms with Crippen LogP contribution in [-0.4, -0.2) is 35.8 Å². The zero-order chi connectivity index (χ0) is 12.1. The van der Waals surface area contributed by atoms with Gasteiger partial charge in [-0.05, 0) is 57.7 Å². The number of hydrogen-bond acceptors (Lipinski definition) is 3. The van der Waals surface area contributed by atoms with E-state index in [0.29, 0.717) is 16.9 Å². The molecule has 0 bridgehead atoms. The van der Waals surface area contributed by atoms with E-state index in [1.165, 1.54) is 44.3 Å².